The molecular formula is C15H17FO2. The van der Waals surface area contributed by atoms with Gasteiger partial charge in [-0.25, -0.2) is 4.39 Å². The van der Waals surface area contributed by atoms with Crippen molar-refractivity contribution in [1.29, 1.82) is 0 Å². The highest BCUT2D eigenvalue weighted by Crippen LogP contribution is 2.35. The number of hydrogen-bond acceptors (Lipinski definition) is 2. The van der Waals surface area contributed by atoms with Crippen LogP contribution in [0.5, 0.6) is 0 Å². The third-order valence-corrected chi connectivity index (χ3v) is 3.80. The largest absolute Gasteiger partial charge is 0.461 e. The molecule has 0 aliphatic heterocycles. The van der Waals surface area contributed by atoms with Crippen LogP contribution in [-0.4, -0.2) is 11.2 Å². The van der Waals surface area contributed by atoms with Crippen LogP contribution < -0.4 is 0 Å². The van der Waals surface area contributed by atoms with Crippen LogP contribution in [-0.2, 0) is 0 Å². The van der Waals surface area contributed by atoms with Crippen molar-refractivity contribution >= 4 is 11.0 Å². The summed E-state index contributed by atoms with van der Waals surface area (Å²) in [6.45, 7) is 0. The lowest BCUT2D eigenvalue weighted by Gasteiger charge is -2.13. The molecule has 1 aliphatic carbocycles. The molecule has 2 unspecified atom stereocenters. The fraction of sp³-hybridized carbons (Fsp3) is 0.467. The zero-order chi connectivity index (χ0) is 12.5. The molecule has 2 nitrogen and oxygen atoms in total. The number of halogens is 1. The first-order chi connectivity index (χ1) is 8.72. The monoisotopic (exact) mass is 248 g/mol. The second kappa shape index (κ2) is 4.73. The van der Waals surface area contributed by atoms with Gasteiger partial charge >= 0.3 is 0 Å². The molecule has 0 amide bonds. The smallest absolute Gasteiger partial charge is 0.134 e. The van der Waals surface area contributed by atoms with E-state index in [4.69, 9.17) is 4.42 Å². The van der Waals surface area contributed by atoms with E-state index >= 15 is 0 Å². The molecular weight excluding hydrogens is 231 g/mol. The van der Waals surface area contributed by atoms with Gasteiger partial charge in [0.15, 0.2) is 0 Å². The predicted molar refractivity (Wildman–Crippen MR) is 68.0 cm³/mol. The van der Waals surface area contributed by atoms with E-state index in [1.807, 2.05) is 6.07 Å². The molecule has 3 rings (SSSR count). The molecule has 1 aromatic carbocycles. The van der Waals surface area contributed by atoms with Crippen LogP contribution in [0, 0.1) is 5.82 Å². The number of fused-ring (bicyclic) bond motifs is 1. The minimum Gasteiger partial charge on any atom is -0.461 e. The Kier molecular flexibility index (Phi) is 3.08. The first kappa shape index (κ1) is 11.7. The lowest BCUT2D eigenvalue weighted by molar-refractivity contribution is 0.149. The molecule has 18 heavy (non-hydrogen) atoms. The van der Waals surface area contributed by atoms with Gasteiger partial charge in [0.05, 0.1) is 6.10 Å². The number of aliphatic hydroxyl groups excluding tert-OH is 1. The Morgan fingerprint density at radius 1 is 1.17 bits per heavy atom. The minimum atomic E-state index is -0.240. The van der Waals surface area contributed by atoms with E-state index in [0.717, 1.165) is 48.8 Å². The third-order valence-electron chi connectivity index (χ3n) is 3.80. The van der Waals surface area contributed by atoms with E-state index in [0.29, 0.717) is 0 Å². The van der Waals surface area contributed by atoms with Gasteiger partial charge in [0.1, 0.15) is 17.2 Å². The van der Waals surface area contributed by atoms with Gasteiger partial charge in [-0.05, 0) is 43.5 Å². The van der Waals surface area contributed by atoms with Crippen molar-refractivity contribution in [2.45, 2.75) is 44.1 Å². The SMILES string of the molecule is OC1CCCCC(c2cc3cc(F)ccc3o2)C1. The molecule has 2 aromatic rings. The van der Waals surface area contributed by atoms with Crippen LogP contribution in [0.1, 0.15) is 43.8 Å². The van der Waals surface area contributed by atoms with E-state index in [1.54, 1.807) is 6.07 Å². The van der Waals surface area contributed by atoms with Crippen LogP contribution in [0.25, 0.3) is 11.0 Å². The van der Waals surface area contributed by atoms with Crippen molar-refractivity contribution < 1.29 is 13.9 Å². The van der Waals surface area contributed by atoms with E-state index in [-0.39, 0.29) is 17.8 Å². The molecule has 2 atom stereocenters. The fourth-order valence-electron chi connectivity index (χ4n) is 2.83. The van der Waals surface area contributed by atoms with Crippen molar-refractivity contribution in [2.75, 3.05) is 0 Å². The summed E-state index contributed by atoms with van der Waals surface area (Å²) in [5, 5.41) is 10.6. The van der Waals surface area contributed by atoms with Crippen LogP contribution in [0.4, 0.5) is 4.39 Å². The number of hydrogen-bond donors (Lipinski definition) is 1. The zero-order valence-corrected chi connectivity index (χ0v) is 10.2. The van der Waals surface area contributed by atoms with E-state index in [1.165, 1.54) is 12.1 Å². The molecule has 0 bridgehead atoms. The number of aliphatic hydroxyl groups is 1. The van der Waals surface area contributed by atoms with Crippen molar-refractivity contribution in [1.82, 2.24) is 0 Å². The van der Waals surface area contributed by atoms with Crippen molar-refractivity contribution in [3.8, 4) is 0 Å². The normalized spacial score (nSPS) is 25.2. The van der Waals surface area contributed by atoms with Gasteiger partial charge in [0.2, 0.25) is 0 Å². The molecule has 3 heteroatoms. The Bertz CT molecular complexity index is 546. The summed E-state index contributed by atoms with van der Waals surface area (Å²) in [5.41, 5.74) is 0.727. The lowest BCUT2D eigenvalue weighted by Crippen LogP contribution is -2.08. The highest BCUT2D eigenvalue weighted by atomic mass is 19.1. The zero-order valence-electron chi connectivity index (χ0n) is 10.2. The number of benzene rings is 1. The second-order valence-electron chi connectivity index (χ2n) is 5.20. The maximum atomic E-state index is 13.1. The van der Waals surface area contributed by atoms with Gasteiger partial charge < -0.3 is 9.52 Å². The molecule has 1 saturated carbocycles. The standard InChI is InChI=1S/C15H17FO2/c16-12-5-6-14-11(7-12)9-15(18-14)10-3-1-2-4-13(17)8-10/h5-7,9-10,13,17H,1-4,8H2. The maximum Gasteiger partial charge on any atom is 0.134 e. The predicted octanol–water partition coefficient (Wildman–Crippen LogP) is 3.98. The van der Waals surface area contributed by atoms with Crippen LogP contribution in [0.2, 0.25) is 0 Å². The van der Waals surface area contributed by atoms with Gasteiger partial charge in [0, 0.05) is 11.3 Å². The topological polar surface area (TPSA) is 33.4 Å². The van der Waals surface area contributed by atoms with Gasteiger partial charge in [-0.2, -0.15) is 0 Å². The van der Waals surface area contributed by atoms with Gasteiger partial charge in [0.25, 0.3) is 0 Å². The van der Waals surface area contributed by atoms with Crippen LogP contribution in [0.15, 0.2) is 28.7 Å². The minimum absolute atomic E-state index is 0.234. The van der Waals surface area contributed by atoms with Crippen molar-refractivity contribution in [3.05, 3.63) is 35.8 Å². The summed E-state index contributed by atoms with van der Waals surface area (Å²) in [6.07, 6.45) is 4.63. The van der Waals surface area contributed by atoms with E-state index in [9.17, 15) is 9.50 Å². The lowest BCUT2D eigenvalue weighted by atomic mass is 9.96. The third kappa shape index (κ3) is 2.27. The molecule has 0 radical (unpaired) electrons. The fourth-order valence-corrected chi connectivity index (χ4v) is 2.83. The molecule has 1 heterocycles. The van der Waals surface area contributed by atoms with E-state index < -0.39 is 0 Å². The summed E-state index contributed by atoms with van der Waals surface area (Å²) < 4.78 is 18.9. The average molecular weight is 248 g/mol. The molecule has 0 saturated heterocycles. The quantitative estimate of drug-likeness (QED) is 0.774. The molecule has 1 aliphatic rings. The Hall–Kier alpha value is -1.35. The Morgan fingerprint density at radius 3 is 2.89 bits per heavy atom. The summed E-state index contributed by atoms with van der Waals surface area (Å²) in [6, 6.07) is 6.50. The summed E-state index contributed by atoms with van der Waals surface area (Å²) in [5.74, 6) is 0.908. The van der Waals surface area contributed by atoms with Crippen molar-refractivity contribution in [2.24, 2.45) is 0 Å². The average Bonchev–Trinajstić information content (AvgIpc) is 2.63. The molecule has 1 fully saturated rings. The Morgan fingerprint density at radius 2 is 2.00 bits per heavy atom. The number of furan rings is 1. The summed E-state index contributed by atoms with van der Waals surface area (Å²) in [4.78, 5) is 0. The maximum absolute atomic E-state index is 13.1. The second-order valence-corrected chi connectivity index (χ2v) is 5.20. The molecule has 96 valence electrons. The van der Waals surface area contributed by atoms with E-state index in [2.05, 4.69) is 0 Å². The highest BCUT2D eigenvalue weighted by molar-refractivity contribution is 5.78. The van der Waals surface area contributed by atoms with Gasteiger partial charge in [-0.15, -0.1) is 0 Å². The first-order valence-electron chi connectivity index (χ1n) is 6.59. The molecule has 0 spiro atoms. The van der Waals surface area contributed by atoms with Crippen LogP contribution >= 0.6 is 0 Å². The van der Waals surface area contributed by atoms with Crippen LogP contribution in [0.3, 0.4) is 0 Å². The molecule has 1 aromatic heterocycles. The summed E-state index contributed by atoms with van der Waals surface area (Å²) in [7, 11) is 0. The summed E-state index contributed by atoms with van der Waals surface area (Å²) >= 11 is 0. The highest BCUT2D eigenvalue weighted by Gasteiger charge is 2.22. The Labute approximate surface area is 105 Å². The number of rotatable bonds is 1. The van der Waals surface area contributed by atoms with Crippen molar-refractivity contribution in [3.63, 3.8) is 0 Å². The van der Waals surface area contributed by atoms with Gasteiger partial charge in [-0.1, -0.05) is 12.8 Å². The Balaban J connectivity index is 1.93. The van der Waals surface area contributed by atoms with Gasteiger partial charge in [-0.3, -0.25) is 0 Å². The first-order valence-corrected chi connectivity index (χ1v) is 6.59. The molecule has 1 N–H and O–H groups in total.